The van der Waals surface area contributed by atoms with E-state index in [0.29, 0.717) is 26.8 Å². The maximum Gasteiger partial charge on any atom is 0.321 e. The maximum absolute atomic E-state index is 14.0. The summed E-state index contributed by atoms with van der Waals surface area (Å²) in [4.78, 5) is 23.4. The number of aromatic nitrogens is 3. The number of anilines is 1. The van der Waals surface area contributed by atoms with Crippen molar-refractivity contribution in [3.05, 3.63) is 76.9 Å². The number of fused-ring (bicyclic) bond motifs is 1. The van der Waals surface area contributed by atoms with E-state index in [-0.39, 0.29) is 11.7 Å². The Morgan fingerprint density at radius 1 is 1.11 bits per heavy atom. The predicted octanol–water partition coefficient (Wildman–Crippen LogP) is 4.90. The third-order valence-corrected chi connectivity index (χ3v) is 4.20. The number of carbonyl (C=O) groups is 1. The number of hydrogen-bond donors (Lipinski definition) is 2. The molecule has 0 aliphatic heterocycles. The molecule has 0 spiro atoms. The molecule has 0 aliphatic carbocycles. The van der Waals surface area contributed by atoms with Gasteiger partial charge in [0.15, 0.2) is 0 Å². The van der Waals surface area contributed by atoms with Crippen molar-refractivity contribution in [1.82, 2.24) is 15.0 Å². The predicted molar refractivity (Wildman–Crippen MR) is 102 cm³/mol. The normalized spacial score (nSPS) is 10.7. The number of carbonyl (C=O) groups excluding carboxylic acids is 1. The zero-order chi connectivity index (χ0) is 18.8. The van der Waals surface area contributed by atoms with Crippen molar-refractivity contribution >= 4 is 38.4 Å². The van der Waals surface area contributed by atoms with Crippen LogP contribution < -0.4 is 10.1 Å². The van der Waals surface area contributed by atoms with Gasteiger partial charge >= 0.3 is 6.01 Å². The fraction of sp³-hybridized carbons (Fsp3) is 0. The molecule has 0 atom stereocenters. The summed E-state index contributed by atoms with van der Waals surface area (Å²) in [6.07, 6.45) is 3.14. The standard InChI is InChI=1S/C19H12BrFN4O2/c20-11-7-15(21)14-10-17(25-16(14)8-11)18(26)24-12-3-1-4-13(9-12)27-19-22-5-2-6-23-19/h1-10,25H,(H,24,26). The van der Waals surface area contributed by atoms with E-state index in [1.807, 2.05) is 0 Å². The quantitative estimate of drug-likeness (QED) is 0.486. The molecule has 6 nitrogen and oxygen atoms in total. The van der Waals surface area contributed by atoms with Gasteiger partial charge in [0, 0.05) is 34.0 Å². The molecule has 4 aromatic rings. The Hall–Kier alpha value is -3.26. The van der Waals surface area contributed by atoms with Crippen LogP contribution in [0, 0.1) is 5.82 Å². The summed E-state index contributed by atoms with van der Waals surface area (Å²) in [7, 11) is 0. The summed E-state index contributed by atoms with van der Waals surface area (Å²) in [5, 5.41) is 3.10. The summed E-state index contributed by atoms with van der Waals surface area (Å²) in [5.74, 6) is -0.326. The molecule has 0 saturated carbocycles. The highest BCUT2D eigenvalue weighted by atomic mass is 79.9. The van der Waals surface area contributed by atoms with Gasteiger partial charge in [0.1, 0.15) is 17.3 Å². The minimum absolute atomic E-state index is 0.206. The fourth-order valence-electron chi connectivity index (χ4n) is 2.56. The largest absolute Gasteiger partial charge is 0.424 e. The van der Waals surface area contributed by atoms with E-state index in [4.69, 9.17) is 4.74 Å². The number of aromatic amines is 1. The lowest BCUT2D eigenvalue weighted by Crippen LogP contribution is -2.12. The molecule has 8 heteroatoms. The average Bonchev–Trinajstić information content (AvgIpc) is 3.07. The number of rotatable bonds is 4. The Morgan fingerprint density at radius 3 is 2.74 bits per heavy atom. The van der Waals surface area contributed by atoms with Gasteiger partial charge < -0.3 is 15.0 Å². The van der Waals surface area contributed by atoms with Gasteiger partial charge in [0.05, 0.1) is 5.52 Å². The molecule has 0 aliphatic rings. The summed E-state index contributed by atoms with van der Waals surface area (Å²) >= 11 is 3.23. The van der Waals surface area contributed by atoms with Crippen molar-refractivity contribution in [3.8, 4) is 11.8 Å². The molecule has 0 unspecified atom stereocenters. The molecule has 0 bridgehead atoms. The van der Waals surface area contributed by atoms with E-state index in [9.17, 15) is 9.18 Å². The van der Waals surface area contributed by atoms with E-state index in [1.54, 1.807) is 48.8 Å². The van der Waals surface area contributed by atoms with Gasteiger partial charge in [-0.25, -0.2) is 14.4 Å². The van der Waals surface area contributed by atoms with Crippen molar-refractivity contribution in [2.24, 2.45) is 0 Å². The van der Waals surface area contributed by atoms with Gasteiger partial charge in [0.2, 0.25) is 0 Å². The van der Waals surface area contributed by atoms with E-state index in [2.05, 4.69) is 36.2 Å². The molecule has 27 heavy (non-hydrogen) atoms. The fourth-order valence-corrected chi connectivity index (χ4v) is 2.99. The van der Waals surface area contributed by atoms with Crippen molar-refractivity contribution < 1.29 is 13.9 Å². The van der Waals surface area contributed by atoms with Crippen LogP contribution in [0.2, 0.25) is 0 Å². The van der Waals surface area contributed by atoms with Crippen LogP contribution in [0.3, 0.4) is 0 Å². The third kappa shape index (κ3) is 3.80. The zero-order valence-corrected chi connectivity index (χ0v) is 15.3. The maximum atomic E-state index is 14.0. The van der Waals surface area contributed by atoms with Gasteiger partial charge in [-0.15, -0.1) is 0 Å². The lowest BCUT2D eigenvalue weighted by Gasteiger charge is -2.07. The molecule has 2 heterocycles. The van der Waals surface area contributed by atoms with Crippen molar-refractivity contribution in [3.63, 3.8) is 0 Å². The number of nitrogens with one attached hydrogen (secondary N) is 2. The second kappa shape index (κ2) is 7.16. The number of hydrogen-bond acceptors (Lipinski definition) is 4. The highest BCUT2D eigenvalue weighted by Crippen LogP contribution is 2.25. The molecule has 2 aromatic carbocycles. The van der Waals surface area contributed by atoms with Crippen LogP contribution in [-0.4, -0.2) is 20.9 Å². The van der Waals surface area contributed by atoms with Crippen LogP contribution in [0.15, 0.2) is 65.4 Å². The van der Waals surface area contributed by atoms with Crippen LogP contribution in [-0.2, 0) is 0 Å². The average molecular weight is 427 g/mol. The molecular formula is C19H12BrFN4O2. The Morgan fingerprint density at radius 2 is 1.93 bits per heavy atom. The van der Waals surface area contributed by atoms with E-state index in [1.165, 1.54) is 12.1 Å². The van der Waals surface area contributed by atoms with Crippen molar-refractivity contribution in [2.75, 3.05) is 5.32 Å². The van der Waals surface area contributed by atoms with Gasteiger partial charge in [-0.1, -0.05) is 22.0 Å². The Bertz CT molecular complexity index is 1130. The number of benzene rings is 2. The molecular weight excluding hydrogens is 415 g/mol. The summed E-state index contributed by atoms with van der Waals surface area (Å²) in [5.41, 5.74) is 1.30. The summed E-state index contributed by atoms with van der Waals surface area (Å²) in [6.45, 7) is 0. The lowest BCUT2D eigenvalue weighted by atomic mass is 10.2. The molecule has 0 radical (unpaired) electrons. The van der Waals surface area contributed by atoms with E-state index in [0.717, 1.165) is 0 Å². The molecule has 1 amide bonds. The van der Waals surface area contributed by atoms with Crippen molar-refractivity contribution in [2.45, 2.75) is 0 Å². The number of ether oxygens (including phenoxy) is 1. The Labute approximate surface area is 161 Å². The van der Waals surface area contributed by atoms with Crippen LogP contribution >= 0.6 is 15.9 Å². The number of halogens is 2. The Balaban J connectivity index is 1.54. The van der Waals surface area contributed by atoms with Gasteiger partial charge in [0.25, 0.3) is 5.91 Å². The molecule has 2 aromatic heterocycles. The number of H-pyrrole nitrogens is 1. The van der Waals surface area contributed by atoms with Crippen LogP contribution in [0.4, 0.5) is 10.1 Å². The minimum atomic E-state index is -0.409. The highest BCUT2D eigenvalue weighted by molar-refractivity contribution is 9.10. The number of amides is 1. The topological polar surface area (TPSA) is 79.9 Å². The second-order valence-corrected chi connectivity index (χ2v) is 6.56. The third-order valence-electron chi connectivity index (χ3n) is 3.74. The first-order chi connectivity index (χ1) is 13.1. The van der Waals surface area contributed by atoms with E-state index < -0.39 is 11.7 Å². The van der Waals surface area contributed by atoms with Crippen LogP contribution in [0.25, 0.3) is 10.9 Å². The molecule has 2 N–H and O–H groups in total. The summed E-state index contributed by atoms with van der Waals surface area (Å²) in [6, 6.07) is 13.3. The first kappa shape index (κ1) is 17.2. The molecule has 4 rings (SSSR count). The smallest absolute Gasteiger partial charge is 0.321 e. The molecule has 0 saturated heterocycles. The van der Waals surface area contributed by atoms with Crippen molar-refractivity contribution in [1.29, 1.82) is 0 Å². The Kier molecular flexibility index (Phi) is 4.55. The van der Waals surface area contributed by atoms with Gasteiger partial charge in [-0.3, -0.25) is 4.79 Å². The van der Waals surface area contributed by atoms with Gasteiger partial charge in [-0.05, 0) is 36.4 Å². The number of nitrogens with zero attached hydrogens (tertiary/aromatic N) is 2. The lowest BCUT2D eigenvalue weighted by molar-refractivity contribution is 0.102. The molecule has 134 valence electrons. The van der Waals surface area contributed by atoms with Gasteiger partial charge in [-0.2, -0.15) is 0 Å². The minimum Gasteiger partial charge on any atom is -0.424 e. The first-order valence-corrected chi connectivity index (χ1v) is 8.72. The van der Waals surface area contributed by atoms with E-state index >= 15 is 0 Å². The summed E-state index contributed by atoms with van der Waals surface area (Å²) < 4.78 is 20.1. The van der Waals surface area contributed by atoms with Crippen LogP contribution in [0.1, 0.15) is 10.5 Å². The highest BCUT2D eigenvalue weighted by Gasteiger charge is 2.13. The SMILES string of the molecule is O=C(Nc1cccc(Oc2ncccn2)c1)c1cc2c(F)cc(Br)cc2[nH]1. The van der Waals surface area contributed by atoms with Crippen LogP contribution in [0.5, 0.6) is 11.8 Å². The monoisotopic (exact) mass is 426 g/mol. The zero-order valence-electron chi connectivity index (χ0n) is 13.7. The molecule has 0 fully saturated rings. The second-order valence-electron chi connectivity index (χ2n) is 5.65. The first-order valence-electron chi connectivity index (χ1n) is 7.92.